The maximum Gasteiger partial charge on any atom is 0.262 e. The van der Waals surface area contributed by atoms with E-state index in [4.69, 9.17) is 5.73 Å². The van der Waals surface area contributed by atoms with Crippen LogP contribution in [0.3, 0.4) is 0 Å². The van der Waals surface area contributed by atoms with Gasteiger partial charge in [0.2, 0.25) is 5.91 Å². The summed E-state index contributed by atoms with van der Waals surface area (Å²) >= 11 is 0. The monoisotopic (exact) mass is 510 g/mol. The molecule has 1 aliphatic heterocycles. The number of hydrogen-bond acceptors (Lipinski definition) is 7. The summed E-state index contributed by atoms with van der Waals surface area (Å²) in [5.74, 6) is -1.48. The maximum absolute atomic E-state index is 15.6. The van der Waals surface area contributed by atoms with Gasteiger partial charge in [0, 0.05) is 36.0 Å². The number of hydrogen-bond donors (Lipinski definition) is 2. The van der Waals surface area contributed by atoms with Crippen LogP contribution >= 0.6 is 0 Å². The molecule has 2 amide bonds. The first-order valence-corrected chi connectivity index (χ1v) is 12.2. The quantitative estimate of drug-likeness (QED) is 0.371. The average molecular weight is 511 g/mol. The van der Waals surface area contributed by atoms with E-state index in [1.165, 1.54) is 21.7 Å². The fourth-order valence-electron chi connectivity index (χ4n) is 4.86. The van der Waals surface area contributed by atoms with Crippen molar-refractivity contribution in [3.05, 3.63) is 83.9 Å². The summed E-state index contributed by atoms with van der Waals surface area (Å²) in [6, 6.07) is 14.3. The number of fused-ring (bicyclic) bond motifs is 2. The summed E-state index contributed by atoms with van der Waals surface area (Å²) in [5.41, 5.74) is 7.14. The number of pyridine rings is 2. The zero-order valence-corrected chi connectivity index (χ0v) is 20.2. The minimum absolute atomic E-state index is 0.110. The highest BCUT2D eigenvalue weighted by atomic mass is 19.1. The molecule has 1 saturated heterocycles. The van der Waals surface area contributed by atoms with Crippen LogP contribution < -0.4 is 16.0 Å². The first kappa shape index (κ1) is 23.6. The highest BCUT2D eigenvalue weighted by Crippen LogP contribution is 2.31. The molecule has 0 spiro atoms. The summed E-state index contributed by atoms with van der Waals surface area (Å²) in [5, 5.41) is 12.8. The van der Waals surface area contributed by atoms with E-state index in [2.05, 4.69) is 25.6 Å². The number of amides is 2. The molecule has 4 heterocycles. The van der Waals surface area contributed by atoms with E-state index in [9.17, 15) is 9.59 Å². The fraction of sp³-hybridized carbons (Fsp3) is 0.185. The van der Waals surface area contributed by atoms with Crippen molar-refractivity contribution >= 4 is 39.6 Å². The van der Waals surface area contributed by atoms with E-state index in [-0.39, 0.29) is 11.6 Å². The summed E-state index contributed by atoms with van der Waals surface area (Å²) in [6.07, 6.45) is 4.76. The molecule has 38 heavy (non-hydrogen) atoms. The molecule has 0 aliphatic carbocycles. The van der Waals surface area contributed by atoms with Crippen LogP contribution in [0.5, 0.6) is 0 Å². The lowest BCUT2D eigenvalue weighted by Crippen LogP contribution is -2.49. The van der Waals surface area contributed by atoms with Gasteiger partial charge in [-0.25, -0.2) is 14.4 Å². The first-order chi connectivity index (χ1) is 18.5. The van der Waals surface area contributed by atoms with Crippen molar-refractivity contribution in [2.24, 2.45) is 5.73 Å². The van der Waals surface area contributed by atoms with E-state index in [0.29, 0.717) is 46.6 Å². The van der Waals surface area contributed by atoms with E-state index < -0.39 is 17.6 Å². The molecule has 0 unspecified atom stereocenters. The van der Waals surface area contributed by atoms with E-state index >= 15 is 4.39 Å². The zero-order chi connectivity index (χ0) is 26.2. The van der Waals surface area contributed by atoms with Gasteiger partial charge in [0.15, 0.2) is 5.65 Å². The van der Waals surface area contributed by atoms with Crippen molar-refractivity contribution in [2.75, 3.05) is 18.0 Å². The lowest BCUT2D eigenvalue weighted by atomic mass is 10.0. The van der Waals surface area contributed by atoms with Crippen LogP contribution in [0.25, 0.3) is 27.6 Å². The normalized spacial score (nSPS) is 15.6. The van der Waals surface area contributed by atoms with Crippen LogP contribution in [0.2, 0.25) is 0 Å². The zero-order valence-electron chi connectivity index (χ0n) is 20.2. The molecule has 1 atom stereocenters. The van der Waals surface area contributed by atoms with Crippen LogP contribution in [0.1, 0.15) is 33.6 Å². The van der Waals surface area contributed by atoms with Crippen molar-refractivity contribution in [1.82, 2.24) is 30.3 Å². The van der Waals surface area contributed by atoms with Gasteiger partial charge < -0.3 is 11.1 Å². The Labute approximate surface area is 216 Å². The number of nitrogens with two attached hydrogens (primary N) is 1. The lowest BCUT2D eigenvalue weighted by molar-refractivity contribution is 0.0966. The Morgan fingerprint density at radius 1 is 1.08 bits per heavy atom. The number of halogens is 1. The average Bonchev–Trinajstić information content (AvgIpc) is 3.38. The highest BCUT2D eigenvalue weighted by Gasteiger charge is 2.31. The van der Waals surface area contributed by atoms with Crippen LogP contribution in [-0.4, -0.2) is 55.9 Å². The minimum Gasteiger partial charge on any atom is -0.366 e. The van der Waals surface area contributed by atoms with Gasteiger partial charge in [-0.1, -0.05) is 11.3 Å². The third-order valence-electron chi connectivity index (χ3n) is 6.75. The van der Waals surface area contributed by atoms with Gasteiger partial charge in [-0.3, -0.25) is 14.5 Å². The second-order valence-corrected chi connectivity index (χ2v) is 9.12. The number of carbonyl (C=O) groups excluding carboxylic acids is 2. The van der Waals surface area contributed by atoms with Crippen molar-refractivity contribution in [3.8, 4) is 5.69 Å². The molecule has 5 aromatic rings. The molecule has 0 bridgehead atoms. The van der Waals surface area contributed by atoms with Gasteiger partial charge in [-0.05, 0) is 67.2 Å². The molecule has 11 heteroatoms. The van der Waals surface area contributed by atoms with E-state index in [0.717, 1.165) is 18.4 Å². The molecular weight excluding hydrogens is 487 g/mol. The number of rotatable bonds is 5. The van der Waals surface area contributed by atoms with Gasteiger partial charge >= 0.3 is 0 Å². The first-order valence-electron chi connectivity index (χ1n) is 12.2. The van der Waals surface area contributed by atoms with Gasteiger partial charge in [0.05, 0.1) is 17.3 Å². The molecule has 0 saturated carbocycles. The molecule has 1 fully saturated rings. The fourth-order valence-corrected chi connectivity index (χ4v) is 4.86. The number of anilines is 1. The van der Waals surface area contributed by atoms with Gasteiger partial charge in [-0.2, -0.15) is 4.68 Å². The molecule has 3 N–H and O–H groups in total. The predicted octanol–water partition coefficient (Wildman–Crippen LogP) is 3.00. The number of piperidine rings is 1. The summed E-state index contributed by atoms with van der Waals surface area (Å²) in [4.78, 5) is 36.2. The molecule has 2 aromatic carbocycles. The number of carbonyl (C=O) groups is 2. The van der Waals surface area contributed by atoms with Crippen molar-refractivity contribution in [1.29, 1.82) is 0 Å². The van der Waals surface area contributed by atoms with Gasteiger partial charge in [-0.15, -0.1) is 5.10 Å². The Kier molecular flexibility index (Phi) is 5.97. The second-order valence-electron chi connectivity index (χ2n) is 9.12. The Balaban J connectivity index is 1.45. The third kappa shape index (κ3) is 4.12. The number of benzene rings is 2. The molecule has 0 radical (unpaired) electrons. The maximum atomic E-state index is 15.6. The summed E-state index contributed by atoms with van der Waals surface area (Å²) < 4.78 is 17.0. The largest absolute Gasteiger partial charge is 0.366 e. The summed E-state index contributed by atoms with van der Waals surface area (Å²) in [6.45, 7) is 1.35. The molecule has 10 nitrogen and oxygen atoms in total. The minimum atomic E-state index is -0.709. The van der Waals surface area contributed by atoms with Crippen molar-refractivity contribution in [2.45, 2.75) is 18.9 Å². The highest BCUT2D eigenvalue weighted by molar-refractivity contribution is 6.11. The smallest absolute Gasteiger partial charge is 0.262 e. The summed E-state index contributed by atoms with van der Waals surface area (Å²) in [7, 11) is 0. The number of nitrogens with zero attached hydrogens (tertiary/aromatic N) is 6. The van der Waals surface area contributed by atoms with Gasteiger partial charge in [0.1, 0.15) is 17.2 Å². The van der Waals surface area contributed by atoms with Crippen LogP contribution in [0.15, 0.2) is 67.0 Å². The topological polar surface area (TPSA) is 132 Å². The Morgan fingerprint density at radius 2 is 1.97 bits per heavy atom. The van der Waals surface area contributed by atoms with Crippen LogP contribution in [0, 0.1) is 5.82 Å². The van der Waals surface area contributed by atoms with Crippen LogP contribution in [-0.2, 0) is 0 Å². The Hall–Kier alpha value is -4.77. The van der Waals surface area contributed by atoms with Crippen molar-refractivity contribution < 1.29 is 14.0 Å². The Morgan fingerprint density at radius 3 is 2.76 bits per heavy atom. The number of aromatic nitrogens is 5. The molecular formula is C27H23FN8O2. The third-order valence-corrected chi connectivity index (χ3v) is 6.75. The lowest BCUT2D eigenvalue weighted by Gasteiger charge is -2.34. The molecule has 190 valence electrons. The molecule has 3 aromatic heterocycles. The molecule has 6 rings (SSSR count). The predicted molar refractivity (Wildman–Crippen MR) is 140 cm³/mol. The standard InChI is InChI=1S/C27H23FN8O2/c28-22-14-18(36-26-23(33-34-36)4-2-11-31-26)7-8-20(22)27(38)35(19-3-1-10-30-15-19)25-21-13-17(24(29)37)6-5-16(21)9-12-32-25/h2,4-9,11-14,19,30H,1,3,10,15H2,(H2,29,37)/t19-/m1/s1. The number of primary amides is 1. The molecule has 1 aliphatic rings. The second kappa shape index (κ2) is 9.60. The van der Waals surface area contributed by atoms with Crippen molar-refractivity contribution in [3.63, 3.8) is 0 Å². The Bertz CT molecular complexity index is 1700. The van der Waals surface area contributed by atoms with E-state index in [1.54, 1.807) is 54.9 Å². The number of nitrogens with one attached hydrogen (secondary N) is 1. The SMILES string of the molecule is NC(=O)c1ccc2ccnc(N(C(=O)c3ccc(-n4nnc5cccnc54)cc3F)[C@@H]3CCCNC3)c2c1. The van der Waals surface area contributed by atoms with E-state index in [1.807, 2.05) is 0 Å². The van der Waals surface area contributed by atoms with Crippen LogP contribution in [0.4, 0.5) is 10.2 Å². The van der Waals surface area contributed by atoms with Gasteiger partial charge in [0.25, 0.3) is 5.91 Å².